The summed E-state index contributed by atoms with van der Waals surface area (Å²) in [6.07, 6.45) is 2.88. The SMILES string of the molecule is NCC1Cc2ccccc2CN1Cc1ccc(Br)cn1. The Hall–Kier alpha value is -1.23. The third kappa shape index (κ3) is 2.92. The highest BCUT2D eigenvalue weighted by atomic mass is 79.9. The Morgan fingerprint density at radius 3 is 2.70 bits per heavy atom. The van der Waals surface area contributed by atoms with Gasteiger partial charge in [-0.3, -0.25) is 9.88 Å². The molecule has 104 valence electrons. The third-order valence-electron chi connectivity index (χ3n) is 3.89. The third-order valence-corrected chi connectivity index (χ3v) is 4.36. The molecule has 20 heavy (non-hydrogen) atoms. The number of hydrogen-bond acceptors (Lipinski definition) is 3. The predicted molar refractivity (Wildman–Crippen MR) is 84.2 cm³/mol. The van der Waals surface area contributed by atoms with Crippen LogP contribution in [0.4, 0.5) is 0 Å². The summed E-state index contributed by atoms with van der Waals surface area (Å²) >= 11 is 3.42. The van der Waals surface area contributed by atoms with Crippen molar-refractivity contribution in [3.05, 3.63) is 63.9 Å². The first kappa shape index (κ1) is 13.7. The molecule has 2 N–H and O–H groups in total. The van der Waals surface area contributed by atoms with E-state index in [1.807, 2.05) is 12.3 Å². The molecule has 1 aliphatic heterocycles. The molecule has 3 nitrogen and oxygen atoms in total. The van der Waals surface area contributed by atoms with Gasteiger partial charge in [-0.2, -0.15) is 0 Å². The number of pyridine rings is 1. The average molecular weight is 332 g/mol. The molecule has 0 amide bonds. The minimum atomic E-state index is 0.398. The summed E-state index contributed by atoms with van der Waals surface area (Å²) in [7, 11) is 0. The maximum absolute atomic E-state index is 5.96. The summed E-state index contributed by atoms with van der Waals surface area (Å²) in [6, 6.07) is 13.2. The van der Waals surface area contributed by atoms with Crippen LogP contribution in [0, 0.1) is 0 Å². The predicted octanol–water partition coefficient (Wildman–Crippen LogP) is 2.73. The molecule has 0 aliphatic carbocycles. The number of rotatable bonds is 3. The molecule has 1 aromatic carbocycles. The van der Waals surface area contributed by atoms with Crippen LogP contribution in [0.15, 0.2) is 47.1 Å². The number of nitrogens with zero attached hydrogens (tertiary/aromatic N) is 2. The van der Waals surface area contributed by atoms with Gasteiger partial charge in [0, 0.05) is 36.3 Å². The summed E-state index contributed by atoms with van der Waals surface area (Å²) in [4.78, 5) is 6.90. The molecule has 0 spiro atoms. The van der Waals surface area contributed by atoms with Crippen LogP contribution in [0.5, 0.6) is 0 Å². The summed E-state index contributed by atoms with van der Waals surface area (Å²) in [5.74, 6) is 0. The maximum atomic E-state index is 5.96. The minimum Gasteiger partial charge on any atom is -0.329 e. The molecule has 4 heteroatoms. The molecule has 0 saturated carbocycles. The molecule has 1 atom stereocenters. The van der Waals surface area contributed by atoms with Crippen molar-refractivity contribution in [3.63, 3.8) is 0 Å². The fourth-order valence-corrected chi connectivity index (χ4v) is 3.00. The number of aromatic nitrogens is 1. The molecule has 0 radical (unpaired) electrons. The quantitative estimate of drug-likeness (QED) is 0.940. The van der Waals surface area contributed by atoms with Crippen molar-refractivity contribution < 1.29 is 0 Å². The molecule has 1 aromatic heterocycles. The van der Waals surface area contributed by atoms with Crippen LogP contribution in [0.1, 0.15) is 16.8 Å². The number of hydrogen-bond donors (Lipinski definition) is 1. The summed E-state index contributed by atoms with van der Waals surface area (Å²) < 4.78 is 1.01. The van der Waals surface area contributed by atoms with Crippen LogP contribution in [-0.4, -0.2) is 22.5 Å². The van der Waals surface area contributed by atoms with Crippen molar-refractivity contribution in [3.8, 4) is 0 Å². The second-order valence-electron chi connectivity index (χ2n) is 5.24. The van der Waals surface area contributed by atoms with E-state index in [1.165, 1.54) is 11.1 Å². The van der Waals surface area contributed by atoms with E-state index in [9.17, 15) is 0 Å². The number of halogens is 1. The highest BCUT2D eigenvalue weighted by Gasteiger charge is 2.24. The first-order valence-electron chi connectivity index (χ1n) is 6.87. The summed E-state index contributed by atoms with van der Waals surface area (Å²) in [6.45, 7) is 2.49. The zero-order valence-corrected chi connectivity index (χ0v) is 12.9. The lowest BCUT2D eigenvalue weighted by Crippen LogP contribution is -2.44. The molecular formula is C16H18BrN3. The van der Waals surface area contributed by atoms with Gasteiger partial charge in [-0.15, -0.1) is 0 Å². The van der Waals surface area contributed by atoms with E-state index in [0.717, 1.165) is 29.7 Å². The van der Waals surface area contributed by atoms with Crippen molar-refractivity contribution >= 4 is 15.9 Å². The summed E-state index contributed by atoms with van der Waals surface area (Å²) in [5, 5.41) is 0. The topological polar surface area (TPSA) is 42.1 Å². The van der Waals surface area contributed by atoms with Crippen LogP contribution in [-0.2, 0) is 19.5 Å². The van der Waals surface area contributed by atoms with Gasteiger partial charge in [0.1, 0.15) is 0 Å². The smallest absolute Gasteiger partial charge is 0.0545 e. The highest BCUT2D eigenvalue weighted by molar-refractivity contribution is 9.10. The van der Waals surface area contributed by atoms with Gasteiger partial charge in [-0.1, -0.05) is 24.3 Å². The Morgan fingerprint density at radius 2 is 2.00 bits per heavy atom. The monoisotopic (exact) mass is 331 g/mol. The number of nitrogens with two attached hydrogens (primary N) is 1. The Morgan fingerprint density at radius 1 is 1.20 bits per heavy atom. The Kier molecular flexibility index (Phi) is 4.15. The van der Waals surface area contributed by atoms with Crippen LogP contribution >= 0.6 is 15.9 Å². The molecule has 2 heterocycles. The van der Waals surface area contributed by atoms with Gasteiger partial charge in [-0.05, 0) is 45.6 Å². The fraction of sp³-hybridized carbons (Fsp3) is 0.312. The van der Waals surface area contributed by atoms with Gasteiger partial charge < -0.3 is 5.73 Å². The van der Waals surface area contributed by atoms with E-state index < -0.39 is 0 Å². The first-order chi connectivity index (χ1) is 9.76. The Labute approximate surface area is 127 Å². The van der Waals surface area contributed by atoms with E-state index in [4.69, 9.17) is 5.73 Å². The Bertz CT molecular complexity index is 583. The van der Waals surface area contributed by atoms with Crippen molar-refractivity contribution in [1.29, 1.82) is 0 Å². The molecule has 1 unspecified atom stereocenters. The summed E-state index contributed by atoms with van der Waals surface area (Å²) in [5.41, 5.74) is 9.89. The second-order valence-corrected chi connectivity index (χ2v) is 6.15. The van der Waals surface area contributed by atoms with E-state index in [0.29, 0.717) is 12.6 Å². The second kappa shape index (κ2) is 6.04. The lowest BCUT2D eigenvalue weighted by molar-refractivity contribution is 0.165. The molecular weight excluding hydrogens is 314 g/mol. The normalized spacial score (nSPS) is 18.8. The molecule has 2 aromatic rings. The Balaban J connectivity index is 1.80. The first-order valence-corrected chi connectivity index (χ1v) is 7.67. The van der Waals surface area contributed by atoms with E-state index >= 15 is 0 Å². The fourth-order valence-electron chi connectivity index (χ4n) is 2.77. The zero-order valence-electron chi connectivity index (χ0n) is 11.3. The zero-order chi connectivity index (χ0) is 13.9. The van der Waals surface area contributed by atoms with Gasteiger partial charge in [0.2, 0.25) is 0 Å². The molecule has 1 aliphatic rings. The lowest BCUT2D eigenvalue weighted by Gasteiger charge is -2.36. The standard InChI is InChI=1S/C16H18BrN3/c17-14-5-6-15(19-9-14)11-20-10-13-4-2-1-3-12(13)7-16(20)8-18/h1-6,9,16H,7-8,10-11,18H2. The molecule has 0 bridgehead atoms. The van der Waals surface area contributed by atoms with Crippen LogP contribution in [0.3, 0.4) is 0 Å². The van der Waals surface area contributed by atoms with Crippen LogP contribution < -0.4 is 5.73 Å². The van der Waals surface area contributed by atoms with Gasteiger partial charge in [-0.25, -0.2) is 0 Å². The van der Waals surface area contributed by atoms with Crippen molar-refractivity contribution in [2.24, 2.45) is 5.73 Å². The number of fused-ring (bicyclic) bond motifs is 1. The highest BCUT2D eigenvalue weighted by Crippen LogP contribution is 2.24. The van der Waals surface area contributed by atoms with Crippen molar-refractivity contribution in [2.75, 3.05) is 6.54 Å². The maximum Gasteiger partial charge on any atom is 0.0545 e. The largest absolute Gasteiger partial charge is 0.329 e. The lowest BCUT2D eigenvalue weighted by atomic mass is 9.94. The van der Waals surface area contributed by atoms with Gasteiger partial charge in [0.25, 0.3) is 0 Å². The van der Waals surface area contributed by atoms with E-state index in [-0.39, 0.29) is 0 Å². The van der Waals surface area contributed by atoms with E-state index in [1.54, 1.807) is 0 Å². The average Bonchev–Trinajstić information content (AvgIpc) is 2.49. The van der Waals surface area contributed by atoms with Gasteiger partial charge in [0.05, 0.1) is 5.69 Å². The van der Waals surface area contributed by atoms with Crippen LogP contribution in [0.25, 0.3) is 0 Å². The molecule has 0 saturated heterocycles. The number of benzene rings is 1. The minimum absolute atomic E-state index is 0.398. The molecule has 3 rings (SSSR count). The van der Waals surface area contributed by atoms with Gasteiger partial charge in [0.15, 0.2) is 0 Å². The van der Waals surface area contributed by atoms with Crippen LogP contribution in [0.2, 0.25) is 0 Å². The molecule has 0 fully saturated rings. The van der Waals surface area contributed by atoms with Crippen molar-refractivity contribution in [1.82, 2.24) is 9.88 Å². The van der Waals surface area contributed by atoms with Gasteiger partial charge >= 0.3 is 0 Å². The van der Waals surface area contributed by atoms with Crippen molar-refractivity contribution in [2.45, 2.75) is 25.6 Å². The van der Waals surface area contributed by atoms with E-state index in [2.05, 4.69) is 56.1 Å².